The van der Waals surface area contributed by atoms with E-state index in [0.717, 1.165) is 11.4 Å². The number of aromatic nitrogens is 1. The number of aryl methyl sites for hydroxylation is 1. The molecular formula is C14H13ClF2N2O. The van der Waals surface area contributed by atoms with Crippen molar-refractivity contribution in [3.8, 4) is 5.75 Å². The maximum atomic E-state index is 12.3. The summed E-state index contributed by atoms with van der Waals surface area (Å²) in [5.74, 6) is 0.162. The number of benzene rings is 1. The Bertz CT molecular complexity index is 593. The molecule has 0 spiro atoms. The van der Waals surface area contributed by atoms with Crippen LogP contribution in [0.4, 0.5) is 14.5 Å². The van der Waals surface area contributed by atoms with E-state index in [2.05, 4.69) is 15.0 Å². The van der Waals surface area contributed by atoms with E-state index in [-0.39, 0.29) is 5.75 Å². The predicted octanol–water partition coefficient (Wildman–Crippen LogP) is 4.26. The molecule has 0 radical (unpaired) electrons. The van der Waals surface area contributed by atoms with E-state index >= 15 is 0 Å². The van der Waals surface area contributed by atoms with Gasteiger partial charge in [-0.15, -0.1) is 0 Å². The van der Waals surface area contributed by atoms with Gasteiger partial charge in [0.1, 0.15) is 10.9 Å². The molecule has 0 bridgehead atoms. The summed E-state index contributed by atoms with van der Waals surface area (Å²) in [5.41, 5.74) is 2.17. The maximum absolute atomic E-state index is 12.3. The summed E-state index contributed by atoms with van der Waals surface area (Å²) in [7, 11) is 0. The first-order valence-corrected chi connectivity index (χ1v) is 6.34. The van der Waals surface area contributed by atoms with Crippen LogP contribution in [-0.4, -0.2) is 11.6 Å². The lowest BCUT2D eigenvalue weighted by molar-refractivity contribution is -0.0504. The van der Waals surface area contributed by atoms with Crippen molar-refractivity contribution >= 4 is 17.3 Å². The van der Waals surface area contributed by atoms with Crippen LogP contribution in [-0.2, 0) is 6.54 Å². The van der Waals surface area contributed by atoms with Crippen molar-refractivity contribution in [3.05, 3.63) is 52.8 Å². The van der Waals surface area contributed by atoms with E-state index in [0.29, 0.717) is 17.3 Å². The van der Waals surface area contributed by atoms with Crippen LogP contribution in [0.2, 0.25) is 5.15 Å². The molecule has 1 aromatic carbocycles. The lowest BCUT2D eigenvalue weighted by atomic mass is 10.2. The summed E-state index contributed by atoms with van der Waals surface area (Å²) in [6.07, 6.45) is 0. The topological polar surface area (TPSA) is 34.2 Å². The molecule has 6 heteroatoms. The minimum absolute atomic E-state index is 0.162. The van der Waals surface area contributed by atoms with Crippen LogP contribution >= 0.6 is 11.6 Å². The monoisotopic (exact) mass is 298 g/mol. The molecule has 1 N–H and O–H groups in total. The zero-order valence-corrected chi connectivity index (χ0v) is 11.5. The molecule has 20 heavy (non-hydrogen) atoms. The molecule has 0 saturated carbocycles. The van der Waals surface area contributed by atoms with Gasteiger partial charge < -0.3 is 10.1 Å². The summed E-state index contributed by atoms with van der Waals surface area (Å²) in [6.45, 7) is -0.668. The van der Waals surface area contributed by atoms with Crippen LogP contribution in [0.15, 0.2) is 36.4 Å². The van der Waals surface area contributed by atoms with Crippen molar-refractivity contribution in [1.82, 2.24) is 4.98 Å². The van der Waals surface area contributed by atoms with Gasteiger partial charge in [0, 0.05) is 12.1 Å². The Morgan fingerprint density at radius 1 is 1.25 bits per heavy atom. The molecule has 0 saturated heterocycles. The number of rotatable bonds is 5. The number of nitrogens with one attached hydrogen (secondary N) is 1. The van der Waals surface area contributed by atoms with E-state index < -0.39 is 6.61 Å². The molecule has 1 heterocycles. The normalized spacial score (nSPS) is 10.7. The van der Waals surface area contributed by atoms with Crippen LogP contribution in [0.3, 0.4) is 0 Å². The Morgan fingerprint density at radius 3 is 2.70 bits per heavy atom. The third-order valence-electron chi connectivity index (χ3n) is 2.71. The van der Waals surface area contributed by atoms with Gasteiger partial charge in [0.25, 0.3) is 0 Å². The predicted molar refractivity (Wildman–Crippen MR) is 74.4 cm³/mol. The lowest BCUT2D eigenvalue weighted by Gasteiger charge is -2.13. The highest BCUT2D eigenvalue weighted by Crippen LogP contribution is 2.22. The molecule has 0 amide bonds. The molecule has 0 unspecified atom stereocenters. The van der Waals surface area contributed by atoms with Crippen molar-refractivity contribution in [3.63, 3.8) is 0 Å². The van der Waals surface area contributed by atoms with Gasteiger partial charge >= 0.3 is 6.61 Å². The number of pyridine rings is 1. The number of alkyl halides is 2. The molecule has 2 rings (SSSR count). The Hall–Kier alpha value is -1.88. The minimum atomic E-state index is -2.84. The molecule has 106 valence electrons. The van der Waals surface area contributed by atoms with Gasteiger partial charge in [0.15, 0.2) is 0 Å². The fourth-order valence-corrected chi connectivity index (χ4v) is 1.96. The van der Waals surface area contributed by atoms with E-state index in [9.17, 15) is 8.78 Å². The van der Waals surface area contributed by atoms with E-state index in [1.807, 2.05) is 6.92 Å². The number of halogens is 3. The highest BCUT2D eigenvalue weighted by Gasteiger charge is 2.09. The van der Waals surface area contributed by atoms with Crippen molar-refractivity contribution in [2.24, 2.45) is 0 Å². The average molecular weight is 299 g/mol. The quantitative estimate of drug-likeness (QED) is 0.838. The summed E-state index contributed by atoms with van der Waals surface area (Å²) >= 11 is 5.77. The fraction of sp³-hybridized carbons (Fsp3) is 0.214. The van der Waals surface area contributed by atoms with Gasteiger partial charge in [-0.1, -0.05) is 29.8 Å². The van der Waals surface area contributed by atoms with Gasteiger partial charge in [-0.05, 0) is 25.1 Å². The van der Waals surface area contributed by atoms with E-state index in [4.69, 9.17) is 11.6 Å². The summed E-state index contributed by atoms with van der Waals surface area (Å²) < 4.78 is 29.1. The second-order valence-corrected chi connectivity index (χ2v) is 4.49. The Labute approximate surface area is 120 Å². The number of anilines is 1. The van der Waals surface area contributed by atoms with Crippen LogP contribution in [0.5, 0.6) is 5.75 Å². The first-order valence-electron chi connectivity index (χ1n) is 5.96. The molecule has 0 aliphatic rings. The smallest absolute Gasteiger partial charge is 0.387 e. The van der Waals surface area contributed by atoms with Gasteiger partial charge in [-0.3, -0.25) is 0 Å². The molecule has 0 atom stereocenters. The van der Waals surface area contributed by atoms with Crippen LogP contribution in [0.1, 0.15) is 11.3 Å². The molecule has 0 aliphatic carbocycles. The van der Waals surface area contributed by atoms with E-state index in [1.165, 1.54) is 6.07 Å². The second kappa shape index (κ2) is 6.52. The van der Waals surface area contributed by atoms with Crippen molar-refractivity contribution in [2.75, 3.05) is 5.32 Å². The Morgan fingerprint density at radius 2 is 2.00 bits per heavy atom. The number of ether oxygens (including phenoxy) is 1. The van der Waals surface area contributed by atoms with Gasteiger partial charge in [-0.2, -0.15) is 8.78 Å². The number of para-hydroxylation sites is 1. The first-order chi connectivity index (χ1) is 9.56. The van der Waals surface area contributed by atoms with Gasteiger partial charge in [-0.25, -0.2) is 4.98 Å². The summed E-state index contributed by atoms with van der Waals surface area (Å²) in [6, 6.07) is 10.1. The third kappa shape index (κ3) is 3.81. The minimum Gasteiger partial charge on any atom is -0.434 e. The fourth-order valence-electron chi connectivity index (χ4n) is 1.77. The zero-order valence-electron chi connectivity index (χ0n) is 10.7. The summed E-state index contributed by atoms with van der Waals surface area (Å²) in [4.78, 5) is 4.11. The number of hydrogen-bond donors (Lipinski definition) is 1. The molecular weight excluding hydrogens is 286 g/mol. The van der Waals surface area contributed by atoms with Crippen LogP contribution in [0, 0.1) is 6.92 Å². The van der Waals surface area contributed by atoms with Gasteiger partial charge in [0.2, 0.25) is 0 Å². The average Bonchev–Trinajstić information content (AvgIpc) is 2.39. The SMILES string of the molecule is Cc1nc(Cl)ccc1NCc1ccccc1OC(F)F. The molecule has 0 aliphatic heterocycles. The van der Waals surface area contributed by atoms with Crippen LogP contribution < -0.4 is 10.1 Å². The standard InChI is InChI=1S/C14H13ClF2N2O/c1-9-11(6-7-13(15)19-9)18-8-10-4-2-3-5-12(10)20-14(16)17/h2-7,14,18H,8H2,1H3. The second-order valence-electron chi connectivity index (χ2n) is 4.11. The third-order valence-corrected chi connectivity index (χ3v) is 2.92. The Kier molecular flexibility index (Phi) is 4.74. The Balaban J connectivity index is 2.10. The highest BCUT2D eigenvalue weighted by molar-refractivity contribution is 6.29. The molecule has 0 fully saturated rings. The largest absolute Gasteiger partial charge is 0.434 e. The first kappa shape index (κ1) is 14.5. The van der Waals surface area contributed by atoms with Crippen LogP contribution in [0.25, 0.3) is 0 Å². The number of nitrogens with zero attached hydrogens (tertiary/aromatic N) is 1. The van der Waals surface area contributed by atoms with Gasteiger partial charge in [0.05, 0.1) is 11.4 Å². The summed E-state index contributed by atoms with van der Waals surface area (Å²) in [5, 5.41) is 3.54. The lowest BCUT2D eigenvalue weighted by Crippen LogP contribution is -2.07. The zero-order chi connectivity index (χ0) is 14.5. The van der Waals surface area contributed by atoms with Crippen molar-refractivity contribution < 1.29 is 13.5 Å². The maximum Gasteiger partial charge on any atom is 0.387 e. The highest BCUT2D eigenvalue weighted by atomic mass is 35.5. The van der Waals surface area contributed by atoms with Crippen molar-refractivity contribution in [1.29, 1.82) is 0 Å². The van der Waals surface area contributed by atoms with Crippen molar-refractivity contribution in [2.45, 2.75) is 20.1 Å². The molecule has 2 aromatic rings. The van der Waals surface area contributed by atoms with E-state index in [1.54, 1.807) is 30.3 Å². The molecule has 3 nitrogen and oxygen atoms in total. The molecule has 1 aromatic heterocycles. The number of hydrogen-bond acceptors (Lipinski definition) is 3.